The molecule has 0 bridgehead atoms. The van der Waals surface area contributed by atoms with Crippen LogP contribution < -0.4 is 14.2 Å². The first-order valence-electron chi connectivity index (χ1n) is 8.92. The van der Waals surface area contributed by atoms with Crippen LogP contribution in [0.5, 0.6) is 17.2 Å². The Labute approximate surface area is 164 Å². The molecular formula is C23H21NO4. The summed E-state index contributed by atoms with van der Waals surface area (Å²) < 4.78 is 16.3. The number of methoxy groups -OCH3 is 1. The lowest BCUT2D eigenvalue weighted by molar-refractivity contribution is 0.0729. The van der Waals surface area contributed by atoms with E-state index < -0.39 is 5.97 Å². The third-order valence-corrected chi connectivity index (χ3v) is 3.91. The second kappa shape index (κ2) is 9.37. The zero-order chi connectivity index (χ0) is 19.8. The Morgan fingerprint density at radius 2 is 1.89 bits per heavy atom. The molecule has 3 aromatic rings. The molecule has 5 heteroatoms. The van der Waals surface area contributed by atoms with Crippen LogP contribution in [0.1, 0.15) is 28.5 Å². The van der Waals surface area contributed by atoms with Crippen LogP contribution in [0.2, 0.25) is 0 Å². The number of pyridine rings is 1. The fourth-order valence-corrected chi connectivity index (χ4v) is 2.57. The molecule has 0 fully saturated rings. The summed E-state index contributed by atoms with van der Waals surface area (Å²) in [4.78, 5) is 16.7. The minimum atomic E-state index is -0.475. The molecule has 1 aromatic heterocycles. The number of aromatic nitrogens is 1. The largest absolute Gasteiger partial charge is 0.494 e. The average Bonchev–Trinajstić information content (AvgIpc) is 2.74. The first-order valence-corrected chi connectivity index (χ1v) is 8.92. The van der Waals surface area contributed by atoms with Gasteiger partial charge in [-0.25, -0.2) is 4.79 Å². The lowest BCUT2D eigenvalue weighted by Crippen LogP contribution is -2.09. The Kier molecular flexibility index (Phi) is 6.41. The van der Waals surface area contributed by atoms with Gasteiger partial charge in [0.05, 0.1) is 25.0 Å². The number of carbonyl (C=O) groups excluding carboxylic acids is 1. The molecule has 5 nitrogen and oxygen atoms in total. The Balaban J connectivity index is 1.76. The summed E-state index contributed by atoms with van der Waals surface area (Å²) in [6, 6.07) is 18.0. The fraction of sp³-hybridized carbons (Fsp3) is 0.130. The standard InChI is InChI=1S/C23H21NO4/c1-3-27-20-9-6-7-18(16-20)23(25)28-21-13-11-17(15-22(21)26-2)10-12-19-8-4-5-14-24-19/h4-16H,3H2,1-2H3/b12-10+. The van der Waals surface area contributed by atoms with Crippen LogP contribution in [0.4, 0.5) is 0 Å². The van der Waals surface area contributed by atoms with Gasteiger partial charge in [-0.2, -0.15) is 0 Å². The van der Waals surface area contributed by atoms with Crippen molar-refractivity contribution in [1.29, 1.82) is 0 Å². The normalized spacial score (nSPS) is 10.6. The van der Waals surface area contributed by atoms with E-state index in [0.717, 1.165) is 11.3 Å². The number of esters is 1. The molecule has 28 heavy (non-hydrogen) atoms. The highest BCUT2D eigenvalue weighted by Gasteiger charge is 2.13. The molecular weight excluding hydrogens is 354 g/mol. The summed E-state index contributed by atoms with van der Waals surface area (Å²) in [5.41, 5.74) is 2.17. The van der Waals surface area contributed by atoms with Crippen molar-refractivity contribution in [3.8, 4) is 17.2 Å². The smallest absolute Gasteiger partial charge is 0.343 e. The molecule has 0 spiro atoms. The first-order chi connectivity index (χ1) is 13.7. The Bertz CT molecular complexity index is 967. The molecule has 1 heterocycles. The average molecular weight is 375 g/mol. The molecule has 2 aromatic carbocycles. The number of ether oxygens (including phenoxy) is 3. The van der Waals surface area contributed by atoms with E-state index in [0.29, 0.717) is 29.4 Å². The van der Waals surface area contributed by atoms with E-state index in [1.165, 1.54) is 7.11 Å². The van der Waals surface area contributed by atoms with Gasteiger partial charge in [0.1, 0.15) is 5.75 Å². The first kappa shape index (κ1) is 19.2. The maximum absolute atomic E-state index is 12.5. The van der Waals surface area contributed by atoms with Gasteiger partial charge in [-0.3, -0.25) is 4.98 Å². The minimum Gasteiger partial charge on any atom is -0.494 e. The van der Waals surface area contributed by atoms with Gasteiger partial charge < -0.3 is 14.2 Å². The predicted octanol–water partition coefficient (Wildman–Crippen LogP) is 4.88. The van der Waals surface area contributed by atoms with Crippen LogP contribution in [-0.2, 0) is 0 Å². The Morgan fingerprint density at radius 3 is 2.64 bits per heavy atom. The lowest BCUT2D eigenvalue weighted by Gasteiger charge is -2.11. The van der Waals surface area contributed by atoms with E-state index in [2.05, 4.69) is 4.98 Å². The molecule has 0 atom stereocenters. The van der Waals surface area contributed by atoms with E-state index in [9.17, 15) is 4.79 Å². The van der Waals surface area contributed by atoms with Crippen LogP contribution in [0, 0.1) is 0 Å². The monoisotopic (exact) mass is 375 g/mol. The van der Waals surface area contributed by atoms with Gasteiger partial charge in [-0.05, 0) is 61.0 Å². The van der Waals surface area contributed by atoms with Crippen molar-refractivity contribution in [1.82, 2.24) is 4.98 Å². The number of benzene rings is 2. The predicted molar refractivity (Wildman–Crippen MR) is 109 cm³/mol. The van der Waals surface area contributed by atoms with Crippen molar-refractivity contribution in [3.63, 3.8) is 0 Å². The highest BCUT2D eigenvalue weighted by molar-refractivity contribution is 5.91. The summed E-state index contributed by atoms with van der Waals surface area (Å²) in [6.07, 6.45) is 5.56. The molecule has 0 aliphatic heterocycles. The van der Waals surface area contributed by atoms with Gasteiger partial charge in [0.15, 0.2) is 11.5 Å². The molecule has 0 amide bonds. The third kappa shape index (κ3) is 4.98. The zero-order valence-electron chi connectivity index (χ0n) is 15.8. The van der Waals surface area contributed by atoms with Crippen LogP contribution >= 0.6 is 0 Å². The molecule has 0 saturated carbocycles. The van der Waals surface area contributed by atoms with E-state index >= 15 is 0 Å². The fourth-order valence-electron chi connectivity index (χ4n) is 2.57. The zero-order valence-corrected chi connectivity index (χ0v) is 15.8. The van der Waals surface area contributed by atoms with Gasteiger partial charge in [0, 0.05) is 6.20 Å². The second-order valence-corrected chi connectivity index (χ2v) is 5.85. The van der Waals surface area contributed by atoms with Crippen LogP contribution in [0.25, 0.3) is 12.2 Å². The molecule has 0 radical (unpaired) electrons. The third-order valence-electron chi connectivity index (χ3n) is 3.91. The van der Waals surface area contributed by atoms with Gasteiger partial charge >= 0.3 is 5.97 Å². The molecule has 0 aliphatic rings. The van der Waals surface area contributed by atoms with Crippen molar-refractivity contribution in [2.75, 3.05) is 13.7 Å². The number of rotatable bonds is 7. The second-order valence-electron chi connectivity index (χ2n) is 5.85. The van der Waals surface area contributed by atoms with E-state index in [1.54, 1.807) is 42.6 Å². The van der Waals surface area contributed by atoms with Gasteiger partial charge in [0.2, 0.25) is 0 Å². The Morgan fingerprint density at radius 1 is 1.00 bits per heavy atom. The SMILES string of the molecule is CCOc1cccc(C(=O)Oc2ccc(/C=C/c3ccccn3)cc2OC)c1. The lowest BCUT2D eigenvalue weighted by atomic mass is 10.1. The molecule has 0 N–H and O–H groups in total. The van der Waals surface area contributed by atoms with Gasteiger partial charge in [-0.1, -0.05) is 24.3 Å². The summed E-state index contributed by atoms with van der Waals surface area (Å²) in [5.74, 6) is 0.970. The van der Waals surface area contributed by atoms with Crippen LogP contribution in [-0.4, -0.2) is 24.7 Å². The van der Waals surface area contributed by atoms with E-state index in [1.807, 2.05) is 43.3 Å². The maximum atomic E-state index is 12.5. The number of nitrogens with zero attached hydrogens (tertiary/aromatic N) is 1. The summed E-state index contributed by atoms with van der Waals surface area (Å²) >= 11 is 0. The Hall–Kier alpha value is -3.60. The molecule has 142 valence electrons. The number of hydrogen-bond acceptors (Lipinski definition) is 5. The summed E-state index contributed by atoms with van der Waals surface area (Å²) in [6.45, 7) is 2.42. The van der Waals surface area contributed by atoms with Crippen LogP contribution in [0.3, 0.4) is 0 Å². The maximum Gasteiger partial charge on any atom is 0.343 e. The number of hydrogen-bond donors (Lipinski definition) is 0. The minimum absolute atomic E-state index is 0.351. The van der Waals surface area contributed by atoms with E-state index in [4.69, 9.17) is 14.2 Å². The van der Waals surface area contributed by atoms with Crippen molar-refractivity contribution >= 4 is 18.1 Å². The van der Waals surface area contributed by atoms with E-state index in [-0.39, 0.29) is 0 Å². The van der Waals surface area contributed by atoms with Crippen molar-refractivity contribution in [3.05, 3.63) is 83.7 Å². The molecule has 0 aliphatic carbocycles. The van der Waals surface area contributed by atoms with Crippen molar-refractivity contribution in [2.45, 2.75) is 6.92 Å². The summed E-state index contributed by atoms with van der Waals surface area (Å²) in [5, 5.41) is 0. The van der Waals surface area contributed by atoms with Crippen LogP contribution in [0.15, 0.2) is 66.9 Å². The topological polar surface area (TPSA) is 57.7 Å². The summed E-state index contributed by atoms with van der Waals surface area (Å²) in [7, 11) is 1.54. The molecule has 0 unspecified atom stereocenters. The quantitative estimate of drug-likeness (QED) is 0.435. The van der Waals surface area contributed by atoms with Crippen molar-refractivity contribution in [2.24, 2.45) is 0 Å². The molecule has 3 rings (SSSR count). The number of carbonyl (C=O) groups is 1. The van der Waals surface area contributed by atoms with Crippen molar-refractivity contribution < 1.29 is 19.0 Å². The molecule has 0 saturated heterocycles. The highest BCUT2D eigenvalue weighted by atomic mass is 16.6. The van der Waals surface area contributed by atoms with Gasteiger partial charge in [0.25, 0.3) is 0 Å². The van der Waals surface area contributed by atoms with Gasteiger partial charge in [-0.15, -0.1) is 0 Å². The highest BCUT2D eigenvalue weighted by Crippen LogP contribution is 2.30.